The molecule has 0 aromatic carbocycles. The first-order chi connectivity index (χ1) is 9.35. The summed E-state index contributed by atoms with van der Waals surface area (Å²) in [6.07, 6.45) is 2.64. The second kappa shape index (κ2) is 6.13. The predicted octanol–water partition coefficient (Wildman–Crippen LogP) is 3.51. The van der Waals surface area contributed by atoms with Crippen LogP contribution in [0.15, 0.2) is 12.1 Å². The van der Waals surface area contributed by atoms with E-state index < -0.39 is 0 Å². The zero-order valence-electron chi connectivity index (χ0n) is 13.7. The molecule has 1 fully saturated rings. The molecule has 0 saturated carbocycles. The van der Waals surface area contributed by atoms with Gasteiger partial charge >= 0.3 is 0 Å². The lowest BCUT2D eigenvalue weighted by Crippen LogP contribution is -2.36. The van der Waals surface area contributed by atoms with Crippen LogP contribution in [0.5, 0.6) is 0 Å². The van der Waals surface area contributed by atoms with Gasteiger partial charge in [0.05, 0.1) is 0 Å². The number of pyridine rings is 1. The van der Waals surface area contributed by atoms with Gasteiger partial charge in [0.2, 0.25) is 0 Å². The van der Waals surface area contributed by atoms with Crippen molar-refractivity contribution < 1.29 is 0 Å². The zero-order valence-corrected chi connectivity index (χ0v) is 13.7. The Bertz CT molecular complexity index is 448. The van der Waals surface area contributed by atoms with Crippen LogP contribution in [0.3, 0.4) is 0 Å². The summed E-state index contributed by atoms with van der Waals surface area (Å²) in [5.74, 6) is 1.93. The molecule has 1 aromatic rings. The number of piperidine rings is 1. The third-order valence-corrected chi connectivity index (χ3v) is 3.97. The first-order valence-corrected chi connectivity index (χ1v) is 7.81. The standard InChI is InChI=1S/C17H29N3/c1-13-7-6-10-20(12-13)16-9-8-15(14(2)19-16)11-18-17(3,4)5/h8-9,13,18H,6-7,10-12H2,1-5H3. The van der Waals surface area contributed by atoms with Crippen LogP contribution in [0, 0.1) is 12.8 Å². The van der Waals surface area contributed by atoms with Crippen molar-refractivity contribution in [3.8, 4) is 0 Å². The predicted molar refractivity (Wildman–Crippen MR) is 86.2 cm³/mol. The van der Waals surface area contributed by atoms with E-state index in [1.807, 2.05) is 0 Å². The molecule has 3 heteroatoms. The zero-order chi connectivity index (χ0) is 14.8. The Morgan fingerprint density at radius 2 is 2.10 bits per heavy atom. The third kappa shape index (κ3) is 4.20. The number of nitrogens with one attached hydrogen (secondary N) is 1. The highest BCUT2D eigenvalue weighted by molar-refractivity contribution is 5.42. The minimum absolute atomic E-state index is 0.146. The van der Waals surface area contributed by atoms with E-state index in [1.54, 1.807) is 0 Å². The molecule has 0 radical (unpaired) electrons. The van der Waals surface area contributed by atoms with Crippen molar-refractivity contribution in [3.63, 3.8) is 0 Å². The number of anilines is 1. The Kier molecular flexibility index (Phi) is 4.69. The lowest BCUT2D eigenvalue weighted by molar-refractivity contribution is 0.423. The minimum Gasteiger partial charge on any atom is -0.356 e. The Morgan fingerprint density at radius 1 is 1.35 bits per heavy atom. The minimum atomic E-state index is 0.146. The number of rotatable bonds is 3. The average Bonchev–Trinajstić information content (AvgIpc) is 2.36. The highest BCUT2D eigenvalue weighted by Gasteiger charge is 2.18. The fraction of sp³-hybridized carbons (Fsp3) is 0.706. The summed E-state index contributed by atoms with van der Waals surface area (Å²) >= 11 is 0. The van der Waals surface area contributed by atoms with Gasteiger partial charge in [0.1, 0.15) is 5.82 Å². The van der Waals surface area contributed by atoms with E-state index in [2.05, 4.69) is 57.0 Å². The SMILES string of the molecule is Cc1nc(N2CCCC(C)C2)ccc1CNC(C)(C)C. The molecule has 0 aliphatic carbocycles. The van der Waals surface area contributed by atoms with Crippen LogP contribution in [0.1, 0.15) is 51.8 Å². The topological polar surface area (TPSA) is 28.2 Å². The smallest absolute Gasteiger partial charge is 0.128 e. The molecule has 0 amide bonds. The maximum Gasteiger partial charge on any atom is 0.128 e. The monoisotopic (exact) mass is 275 g/mol. The lowest BCUT2D eigenvalue weighted by atomic mass is 10.0. The van der Waals surface area contributed by atoms with Gasteiger partial charge in [-0.3, -0.25) is 0 Å². The molecular formula is C17H29N3. The Hall–Kier alpha value is -1.09. The number of hydrogen-bond acceptors (Lipinski definition) is 3. The van der Waals surface area contributed by atoms with Crippen LogP contribution in [0.4, 0.5) is 5.82 Å². The van der Waals surface area contributed by atoms with Gasteiger partial charge in [-0.15, -0.1) is 0 Å². The van der Waals surface area contributed by atoms with Gasteiger partial charge in [-0.05, 0) is 58.1 Å². The van der Waals surface area contributed by atoms with Crippen molar-refractivity contribution in [2.45, 2.75) is 59.5 Å². The number of hydrogen-bond donors (Lipinski definition) is 1. The molecule has 2 heterocycles. The van der Waals surface area contributed by atoms with E-state index in [-0.39, 0.29) is 5.54 Å². The van der Waals surface area contributed by atoms with Crippen molar-refractivity contribution >= 4 is 5.82 Å². The molecule has 1 N–H and O–H groups in total. The van der Waals surface area contributed by atoms with E-state index in [9.17, 15) is 0 Å². The van der Waals surface area contributed by atoms with Crippen molar-refractivity contribution in [3.05, 3.63) is 23.4 Å². The molecule has 1 saturated heterocycles. The quantitative estimate of drug-likeness (QED) is 0.915. The van der Waals surface area contributed by atoms with Gasteiger partial charge in [0.25, 0.3) is 0 Å². The normalized spacial score (nSPS) is 20.2. The van der Waals surface area contributed by atoms with E-state index in [0.717, 1.165) is 37.1 Å². The summed E-state index contributed by atoms with van der Waals surface area (Å²) in [7, 11) is 0. The van der Waals surface area contributed by atoms with Crippen LogP contribution in [0.25, 0.3) is 0 Å². The summed E-state index contributed by atoms with van der Waals surface area (Å²) in [5.41, 5.74) is 2.60. The van der Waals surface area contributed by atoms with Gasteiger partial charge in [-0.1, -0.05) is 13.0 Å². The van der Waals surface area contributed by atoms with Gasteiger partial charge in [-0.25, -0.2) is 4.98 Å². The lowest BCUT2D eigenvalue weighted by Gasteiger charge is -2.32. The molecule has 1 aliphatic heterocycles. The van der Waals surface area contributed by atoms with Crippen molar-refractivity contribution in [1.82, 2.24) is 10.3 Å². The fourth-order valence-electron chi connectivity index (χ4n) is 2.70. The Labute approximate surface area is 123 Å². The second-order valence-electron chi connectivity index (χ2n) is 7.21. The number of nitrogens with zero attached hydrogens (tertiary/aromatic N) is 2. The van der Waals surface area contributed by atoms with Crippen LogP contribution in [-0.2, 0) is 6.54 Å². The maximum atomic E-state index is 4.82. The van der Waals surface area contributed by atoms with E-state index in [4.69, 9.17) is 4.98 Å². The van der Waals surface area contributed by atoms with Crippen LogP contribution < -0.4 is 10.2 Å². The van der Waals surface area contributed by atoms with Crippen LogP contribution in [0.2, 0.25) is 0 Å². The Balaban J connectivity index is 2.05. The molecule has 0 spiro atoms. The van der Waals surface area contributed by atoms with E-state index in [0.29, 0.717) is 0 Å². The second-order valence-corrected chi connectivity index (χ2v) is 7.21. The molecule has 1 unspecified atom stereocenters. The molecule has 1 aromatic heterocycles. The van der Waals surface area contributed by atoms with Crippen LogP contribution in [-0.4, -0.2) is 23.6 Å². The molecule has 1 atom stereocenters. The van der Waals surface area contributed by atoms with Gasteiger partial charge in [-0.2, -0.15) is 0 Å². The van der Waals surface area contributed by atoms with Gasteiger partial charge in [0.15, 0.2) is 0 Å². The first kappa shape index (κ1) is 15.3. The van der Waals surface area contributed by atoms with Crippen molar-refractivity contribution in [1.29, 1.82) is 0 Å². The van der Waals surface area contributed by atoms with Gasteiger partial charge < -0.3 is 10.2 Å². The number of aryl methyl sites for hydroxylation is 1. The molecule has 1 aliphatic rings. The molecule has 112 valence electrons. The highest BCUT2D eigenvalue weighted by atomic mass is 15.2. The van der Waals surface area contributed by atoms with Crippen molar-refractivity contribution in [2.75, 3.05) is 18.0 Å². The summed E-state index contributed by atoms with van der Waals surface area (Å²) in [5, 5.41) is 3.53. The molecule has 3 nitrogen and oxygen atoms in total. The first-order valence-electron chi connectivity index (χ1n) is 7.81. The van der Waals surface area contributed by atoms with E-state index in [1.165, 1.54) is 18.4 Å². The molecule has 2 rings (SSSR count). The summed E-state index contributed by atoms with van der Waals surface area (Å²) < 4.78 is 0. The van der Waals surface area contributed by atoms with Gasteiger partial charge in [0, 0.05) is 30.9 Å². The average molecular weight is 275 g/mol. The van der Waals surface area contributed by atoms with Crippen LogP contribution >= 0.6 is 0 Å². The molecule has 0 bridgehead atoms. The summed E-state index contributed by atoms with van der Waals surface area (Å²) in [6.45, 7) is 14.2. The summed E-state index contributed by atoms with van der Waals surface area (Å²) in [4.78, 5) is 7.25. The molecule has 20 heavy (non-hydrogen) atoms. The summed E-state index contributed by atoms with van der Waals surface area (Å²) in [6, 6.07) is 4.42. The molecular weight excluding hydrogens is 246 g/mol. The highest BCUT2D eigenvalue weighted by Crippen LogP contribution is 2.22. The van der Waals surface area contributed by atoms with E-state index >= 15 is 0 Å². The maximum absolute atomic E-state index is 4.82. The fourth-order valence-corrected chi connectivity index (χ4v) is 2.70. The number of aromatic nitrogens is 1. The Morgan fingerprint density at radius 3 is 2.70 bits per heavy atom. The third-order valence-electron chi connectivity index (χ3n) is 3.97. The van der Waals surface area contributed by atoms with Crippen molar-refractivity contribution in [2.24, 2.45) is 5.92 Å². The largest absolute Gasteiger partial charge is 0.356 e.